The van der Waals surface area contributed by atoms with Crippen molar-refractivity contribution in [2.75, 3.05) is 0 Å². The van der Waals surface area contributed by atoms with Crippen molar-refractivity contribution in [2.24, 2.45) is 5.73 Å². The molecule has 0 aliphatic carbocycles. The minimum atomic E-state index is -0.498. The number of nitrogens with zero attached hydrogens (tertiary/aromatic N) is 1. The van der Waals surface area contributed by atoms with Gasteiger partial charge in [0.1, 0.15) is 12.4 Å². The van der Waals surface area contributed by atoms with Gasteiger partial charge in [0.2, 0.25) is 0 Å². The summed E-state index contributed by atoms with van der Waals surface area (Å²) in [4.78, 5) is 10.2. The number of nitro benzene ring substituents is 1. The van der Waals surface area contributed by atoms with E-state index >= 15 is 0 Å². The summed E-state index contributed by atoms with van der Waals surface area (Å²) in [5, 5.41) is 11.5. The number of nitro groups is 1. The molecule has 110 valence electrons. The van der Waals surface area contributed by atoms with Gasteiger partial charge in [-0.05, 0) is 24.3 Å². The maximum atomic E-state index is 10.6. The van der Waals surface area contributed by atoms with Crippen LogP contribution in [0.4, 0.5) is 5.69 Å². The fourth-order valence-electron chi connectivity index (χ4n) is 1.77. The van der Waals surface area contributed by atoms with Crippen LogP contribution in [0.25, 0.3) is 0 Å². The molecular weight excluding hydrogens is 315 g/mol. The van der Waals surface area contributed by atoms with E-state index in [1.807, 2.05) is 0 Å². The van der Waals surface area contributed by atoms with Gasteiger partial charge >= 0.3 is 0 Å². The zero-order valence-electron chi connectivity index (χ0n) is 10.9. The van der Waals surface area contributed by atoms with Gasteiger partial charge in [0.05, 0.1) is 9.95 Å². The summed E-state index contributed by atoms with van der Waals surface area (Å²) >= 11 is 11.9. The third-order valence-electron chi connectivity index (χ3n) is 2.87. The topological polar surface area (TPSA) is 78.4 Å². The molecule has 7 heteroatoms. The second kappa shape index (κ2) is 6.76. The first kappa shape index (κ1) is 15.6. The van der Waals surface area contributed by atoms with E-state index in [9.17, 15) is 10.1 Å². The van der Waals surface area contributed by atoms with E-state index < -0.39 is 4.92 Å². The highest BCUT2D eigenvalue weighted by Crippen LogP contribution is 2.26. The molecule has 0 unspecified atom stereocenters. The smallest absolute Gasteiger partial charge is 0.270 e. The summed E-state index contributed by atoms with van der Waals surface area (Å²) in [7, 11) is 0. The van der Waals surface area contributed by atoms with Gasteiger partial charge in [-0.25, -0.2) is 0 Å². The van der Waals surface area contributed by atoms with Gasteiger partial charge in [-0.15, -0.1) is 0 Å². The molecule has 2 aromatic rings. The number of ether oxygens (including phenoxy) is 1. The molecule has 0 aromatic heterocycles. The third kappa shape index (κ3) is 3.85. The molecule has 5 nitrogen and oxygen atoms in total. The first-order valence-corrected chi connectivity index (χ1v) is 6.81. The average molecular weight is 327 g/mol. The summed E-state index contributed by atoms with van der Waals surface area (Å²) in [5.74, 6) is 0.608. The summed E-state index contributed by atoms with van der Waals surface area (Å²) in [6.45, 7) is 0.481. The molecule has 2 aromatic carbocycles. The number of rotatable bonds is 5. The summed E-state index contributed by atoms with van der Waals surface area (Å²) < 4.78 is 5.66. The molecule has 0 saturated heterocycles. The Labute approximate surface area is 131 Å². The predicted molar refractivity (Wildman–Crippen MR) is 81.8 cm³/mol. The standard InChI is InChI=1S/C14H12Cl2N2O3/c15-11-2-4-14(10(5-11)7-17)21-8-9-1-3-12(18(19)20)6-13(9)16/h1-6H,7-8,17H2. The van der Waals surface area contributed by atoms with Crippen LogP contribution in [0, 0.1) is 10.1 Å². The predicted octanol–water partition coefficient (Wildman–Crippen LogP) is 3.94. The zero-order valence-corrected chi connectivity index (χ0v) is 12.4. The van der Waals surface area contributed by atoms with Gasteiger partial charge in [0.15, 0.2) is 0 Å². The second-order valence-electron chi connectivity index (χ2n) is 4.28. The summed E-state index contributed by atoms with van der Waals surface area (Å²) in [5.41, 5.74) is 7.01. The minimum Gasteiger partial charge on any atom is -0.489 e. The van der Waals surface area contributed by atoms with Crippen LogP contribution in [0.2, 0.25) is 10.0 Å². The number of hydrogen-bond acceptors (Lipinski definition) is 4. The van der Waals surface area contributed by atoms with E-state index in [-0.39, 0.29) is 17.3 Å². The lowest BCUT2D eigenvalue weighted by molar-refractivity contribution is -0.384. The number of halogens is 2. The van der Waals surface area contributed by atoms with Crippen LogP contribution in [0.3, 0.4) is 0 Å². The molecule has 0 aliphatic rings. The van der Waals surface area contributed by atoms with E-state index in [1.54, 1.807) is 24.3 Å². The molecule has 0 heterocycles. The van der Waals surface area contributed by atoms with E-state index in [1.165, 1.54) is 12.1 Å². The Kier molecular flexibility index (Phi) is 5.01. The Bertz CT molecular complexity index is 677. The highest BCUT2D eigenvalue weighted by atomic mass is 35.5. The molecule has 0 spiro atoms. The van der Waals surface area contributed by atoms with Gasteiger partial charge in [0.25, 0.3) is 5.69 Å². The Morgan fingerprint density at radius 1 is 1.14 bits per heavy atom. The normalized spacial score (nSPS) is 10.4. The molecule has 2 rings (SSSR count). The Morgan fingerprint density at radius 3 is 2.52 bits per heavy atom. The molecule has 0 fully saturated rings. The highest BCUT2D eigenvalue weighted by molar-refractivity contribution is 6.31. The van der Waals surface area contributed by atoms with Crippen molar-refractivity contribution in [1.82, 2.24) is 0 Å². The Hall–Kier alpha value is -1.82. The number of nitrogens with two attached hydrogens (primary N) is 1. The van der Waals surface area contributed by atoms with Crippen LogP contribution in [-0.4, -0.2) is 4.92 Å². The van der Waals surface area contributed by atoms with Crippen LogP contribution in [0.1, 0.15) is 11.1 Å². The number of non-ortho nitro benzene ring substituents is 1. The Balaban J connectivity index is 2.15. The molecule has 2 N–H and O–H groups in total. The first-order chi connectivity index (χ1) is 10.0. The number of hydrogen-bond donors (Lipinski definition) is 1. The fourth-order valence-corrected chi connectivity index (χ4v) is 2.19. The largest absolute Gasteiger partial charge is 0.489 e. The third-order valence-corrected chi connectivity index (χ3v) is 3.46. The van der Waals surface area contributed by atoms with Gasteiger partial charge in [-0.1, -0.05) is 23.2 Å². The van der Waals surface area contributed by atoms with Crippen molar-refractivity contribution in [3.63, 3.8) is 0 Å². The minimum absolute atomic E-state index is 0.0575. The lowest BCUT2D eigenvalue weighted by Crippen LogP contribution is -2.03. The van der Waals surface area contributed by atoms with Crippen LogP contribution in [0.5, 0.6) is 5.75 Å². The van der Waals surface area contributed by atoms with Gasteiger partial charge in [-0.2, -0.15) is 0 Å². The van der Waals surface area contributed by atoms with Crippen LogP contribution >= 0.6 is 23.2 Å². The van der Waals surface area contributed by atoms with E-state index in [0.29, 0.717) is 22.9 Å². The highest BCUT2D eigenvalue weighted by Gasteiger charge is 2.10. The van der Waals surface area contributed by atoms with Gasteiger partial charge < -0.3 is 10.5 Å². The summed E-state index contributed by atoms with van der Waals surface area (Å²) in [6, 6.07) is 9.41. The lowest BCUT2D eigenvalue weighted by atomic mass is 10.2. The van der Waals surface area contributed by atoms with E-state index in [0.717, 1.165) is 5.56 Å². The maximum absolute atomic E-state index is 10.6. The fraction of sp³-hybridized carbons (Fsp3) is 0.143. The second-order valence-corrected chi connectivity index (χ2v) is 5.12. The van der Waals surface area contributed by atoms with Crippen LogP contribution < -0.4 is 10.5 Å². The van der Waals surface area contributed by atoms with Crippen LogP contribution in [-0.2, 0) is 13.2 Å². The SMILES string of the molecule is NCc1cc(Cl)ccc1OCc1ccc([N+](=O)[O-])cc1Cl. The first-order valence-electron chi connectivity index (χ1n) is 6.05. The molecule has 0 atom stereocenters. The Morgan fingerprint density at radius 2 is 1.90 bits per heavy atom. The van der Waals surface area contributed by atoms with Gasteiger partial charge in [-0.3, -0.25) is 10.1 Å². The molecule has 0 radical (unpaired) electrons. The number of benzene rings is 2. The van der Waals surface area contributed by atoms with Crippen molar-refractivity contribution < 1.29 is 9.66 Å². The lowest BCUT2D eigenvalue weighted by Gasteiger charge is -2.11. The molecular formula is C14H12Cl2N2O3. The van der Waals surface area contributed by atoms with Crippen molar-refractivity contribution in [3.05, 3.63) is 67.7 Å². The van der Waals surface area contributed by atoms with Crippen molar-refractivity contribution in [2.45, 2.75) is 13.2 Å². The molecule has 0 saturated carbocycles. The quantitative estimate of drug-likeness (QED) is 0.666. The average Bonchev–Trinajstić information content (AvgIpc) is 2.46. The summed E-state index contributed by atoms with van der Waals surface area (Å²) in [6.07, 6.45) is 0. The van der Waals surface area contributed by atoms with Crippen LogP contribution in [0.15, 0.2) is 36.4 Å². The van der Waals surface area contributed by atoms with E-state index in [4.69, 9.17) is 33.7 Å². The van der Waals surface area contributed by atoms with Gasteiger partial charge in [0, 0.05) is 34.8 Å². The van der Waals surface area contributed by atoms with E-state index in [2.05, 4.69) is 0 Å². The maximum Gasteiger partial charge on any atom is 0.270 e. The van der Waals surface area contributed by atoms with Crippen molar-refractivity contribution >= 4 is 28.9 Å². The molecule has 0 aliphatic heterocycles. The monoisotopic (exact) mass is 326 g/mol. The molecule has 0 amide bonds. The van der Waals surface area contributed by atoms with Crippen molar-refractivity contribution in [3.8, 4) is 5.75 Å². The molecule has 21 heavy (non-hydrogen) atoms. The molecule has 0 bridgehead atoms. The zero-order chi connectivity index (χ0) is 15.4. The van der Waals surface area contributed by atoms with Crippen molar-refractivity contribution in [1.29, 1.82) is 0 Å².